The van der Waals surface area contributed by atoms with Crippen molar-refractivity contribution in [2.24, 2.45) is 5.73 Å². The minimum atomic E-state index is 0.367. The molecule has 2 nitrogen and oxygen atoms in total. The van der Waals surface area contributed by atoms with E-state index in [-0.39, 0.29) is 0 Å². The summed E-state index contributed by atoms with van der Waals surface area (Å²) in [6.07, 6.45) is 9.74. The second kappa shape index (κ2) is 4.38. The molecular weight excluding hydrogens is 138 g/mol. The zero-order valence-corrected chi connectivity index (χ0v) is 6.75. The largest absolute Gasteiger partial charge is 0.366 e. The summed E-state index contributed by atoms with van der Waals surface area (Å²) < 4.78 is 5.39. The lowest BCUT2D eigenvalue weighted by Gasteiger charge is -2.25. The van der Waals surface area contributed by atoms with E-state index >= 15 is 0 Å². The molecule has 0 unspecified atom stereocenters. The molecule has 0 radical (unpaired) electrons. The molecule has 0 aromatic heterocycles. The SMILES string of the molecule is C#CCO[C@H]1CC[C@H](N)CC1. The van der Waals surface area contributed by atoms with Crippen molar-refractivity contribution in [3.05, 3.63) is 0 Å². The van der Waals surface area contributed by atoms with Crippen LogP contribution < -0.4 is 5.73 Å². The first-order valence-electron chi connectivity index (χ1n) is 4.13. The third-order valence-corrected chi connectivity index (χ3v) is 2.12. The van der Waals surface area contributed by atoms with Gasteiger partial charge < -0.3 is 10.5 Å². The monoisotopic (exact) mass is 153 g/mol. The third kappa shape index (κ3) is 2.92. The van der Waals surface area contributed by atoms with Crippen molar-refractivity contribution in [1.29, 1.82) is 0 Å². The fourth-order valence-electron chi connectivity index (χ4n) is 1.42. The molecule has 11 heavy (non-hydrogen) atoms. The molecule has 0 aromatic carbocycles. The predicted molar refractivity (Wildman–Crippen MR) is 45.0 cm³/mol. The molecule has 0 heterocycles. The van der Waals surface area contributed by atoms with Crippen LogP contribution in [0.25, 0.3) is 0 Å². The number of ether oxygens (including phenoxy) is 1. The molecule has 0 aromatic rings. The van der Waals surface area contributed by atoms with Gasteiger partial charge in [0, 0.05) is 6.04 Å². The van der Waals surface area contributed by atoms with Gasteiger partial charge in [0.2, 0.25) is 0 Å². The van der Waals surface area contributed by atoms with Gasteiger partial charge in [-0.2, -0.15) is 0 Å². The number of nitrogens with two attached hydrogens (primary N) is 1. The first-order valence-corrected chi connectivity index (χ1v) is 4.13. The molecule has 1 aliphatic rings. The van der Waals surface area contributed by atoms with E-state index in [0.717, 1.165) is 25.7 Å². The van der Waals surface area contributed by atoms with Crippen LogP contribution in [-0.2, 0) is 4.74 Å². The highest BCUT2D eigenvalue weighted by Crippen LogP contribution is 2.19. The van der Waals surface area contributed by atoms with E-state index < -0.39 is 0 Å². The summed E-state index contributed by atoms with van der Waals surface area (Å²) in [6, 6.07) is 0.390. The van der Waals surface area contributed by atoms with E-state index in [0.29, 0.717) is 18.8 Å². The second-order valence-corrected chi connectivity index (χ2v) is 3.05. The van der Waals surface area contributed by atoms with E-state index in [2.05, 4.69) is 5.92 Å². The fourth-order valence-corrected chi connectivity index (χ4v) is 1.42. The lowest BCUT2D eigenvalue weighted by Crippen LogP contribution is -2.30. The summed E-state index contributed by atoms with van der Waals surface area (Å²) in [6.45, 7) is 0.444. The van der Waals surface area contributed by atoms with Crippen LogP contribution in [0.5, 0.6) is 0 Å². The van der Waals surface area contributed by atoms with Crippen molar-refractivity contribution < 1.29 is 4.74 Å². The zero-order valence-electron chi connectivity index (χ0n) is 6.75. The molecule has 1 aliphatic carbocycles. The van der Waals surface area contributed by atoms with E-state index in [9.17, 15) is 0 Å². The van der Waals surface area contributed by atoms with E-state index in [4.69, 9.17) is 16.9 Å². The summed E-state index contributed by atoms with van der Waals surface area (Å²) in [5.74, 6) is 2.47. The molecule has 1 fully saturated rings. The molecule has 0 atom stereocenters. The van der Waals surface area contributed by atoms with Gasteiger partial charge in [0.1, 0.15) is 6.61 Å². The van der Waals surface area contributed by atoms with Gasteiger partial charge >= 0.3 is 0 Å². The maximum absolute atomic E-state index is 5.73. The van der Waals surface area contributed by atoms with Crippen molar-refractivity contribution in [3.8, 4) is 12.3 Å². The predicted octanol–water partition coefficient (Wildman–Crippen LogP) is 0.906. The smallest absolute Gasteiger partial charge is 0.107 e. The quantitative estimate of drug-likeness (QED) is 0.598. The number of hydrogen-bond acceptors (Lipinski definition) is 2. The van der Waals surface area contributed by atoms with E-state index in [1.807, 2.05) is 0 Å². The van der Waals surface area contributed by atoms with Crippen LogP contribution in [0.1, 0.15) is 25.7 Å². The van der Waals surface area contributed by atoms with Crippen molar-refractivity contribution in [2.45, 2.75) is 37.8 Å². The summed E-state index contributed by atoms with van der Waals surface area (Å²) in [7, 11) is 0. The topological polar surface area (TPSA) is 35.2 Å². The Balaban J connectivity index is 2.13. The van der Waals surface area contributed by atoms with Crippen LogP contribution in [0.15, 0.2) is 0 Å². The standard InChI is InChI=1S/C9H15NO/c1-2-7-11-9-5-3-8(10)4-6-9/h1,8-9H,3-7,10H2/t8-,9-. The fraction of sp³-hybridized carbons (Fsp3) is 0.778. The van der Waals surface area contributed by atoms with Crippen LogP contribution in [0.3, 0.4) is 0 Å². The number of hydrogen-bond donors (Lipinski definition) is 1. The van der Waals surface area contributed by atoms with E-state index in [1.54, 1.807) is 0 Å². The van der Waals surface area contributed by atoms with Crippen molar-refractivity contribution in [2.75, 3.05) is 6.61 Å². The Morgan fingerprint density at radius 1 is 1.36 bits per heavy atom. The highest BCUT2D eigenvalue weighted by Gasteiger charge is 2.17. The maximum Gasteiger partial charge on any atom is 0.107 e. The summed E-state index contributed by atoms with van der Waals surface area (Å²) >= 11 is 0. The van der Waals surface area contributed by atoms with Gasteiger partial charge in [-0.05, 0) is 25.7 Å². The van der Waals surface area contributed by atoms with Gasteiger partial charge in [-0.25, -0.2) is 0 Å². The highest BCUT2D eigenvalue weighted by atomic mass is 16.5. The highest BCUT2D eigenvalue weighted by molar-refractivity contribution is 4.84. The molecule has 1 rings (SSSR count). The van der Waals surface area contributed by atoms with E-state index in [1.165, 1.54) is 0 Å². The number of terminal acetylenes is 1. The average molecular weight is 153 g/mol. The Labute approximate surface area is 68.1 Å². The molecular formula is C9H15NO. The number of rotatable bonds is 2. The average Bonchev–Trinajstić information content (AvgIpc) is 2.04. The van der Waals surface area contributed by atoms with Crippen molar-refractivity contribution in [1.82, 2.24) is 0 Å². The van der Waals surface area contributed by atoms with Crippen molar-refractivity contribution >= 4 is 0 Å². The van der Waals surface area contributed by atoms with Gasteiger partial charge in [-0.1, -0.05) is 5.92 Å². The van der Waals surface area contributed by atoms with Crippen LogP contribution in [0, 0.1) is 12.3 Å². The maximum atomic E-state index is 5.73. The first kappa shape index (κ1) is 8.58. The molecule has 62 valence electrons. The summed E-state index contributed by atoms with van der Waals surface area (Å²) in [4.78, 5) is 0. The molecule has 0 saturated heterocycles. The second-order valence-electron chi connectivity index (χ2n) is 3.05. The Morgan fingerprint density at radius 3 is 2.55 bits per heavy atom. The minimum absolute atomic E-state index is 0.367. The molecule has 0 amide bonds. The van der Waals surface area contributed by atoms with Crippen LogP contribution in [-0.4, -0.2) is 18.8 Å². The van der Waals surface area contributed by atoms with Gasteiger partial charge in [-0.3, -0.25) is 0 Å². The zero-order chi connectivity index (χ0) is 8.10. The minimum Gasteiger partial charge on any atom is -0.366 e. The molecule has 2 N–H and O–H groups in total. The van der Waals surface area contributed by atoms with Gasteiger partial charge in [0.25, 0.3) is 0 Å². The Morgan fingerprint density at radius 2 is 2.00 bits per heavy atom. The van der Waals surface area contributed by atoms with Gasteiger partial charge in [0.15, 0.2) is 0 Å². The molecule has 1 saturated carbocycles. The Hall–Kier alpha value is -0.520. The molecule has 0 bridgehead atoms. The third-order valence-electron chi connectivity index (χ3n) is 2.12. The van der Waals surface area contributed by atoms with Crippen molar-refractivity contribution in [3.63, 3.8) is 0 Å². The molecule has 0 aliphatic heterocycles. The lowest BCUT2D eigenvalue weighted by atomic mass is 9.94. The summed E-state index contributed by atoms with van der Waals surface area (Å²) in [5, 5.41) is 0. The summed E-state index contributed by atoms with van der Waals surface area (Å²) in [5.41, 5.74) is 5.73. The Kier molecular flexibility index (Phi) is 3.41. The van der Waals surface area contributed by atoms with Crippen LogP contribution in [0.4, 0.5) is 0 Å². The molecule has 0 spiro atoms. The Bertz CT molecular complexity index is 142. The first-order chi connectivity index (χ1) is 5.33. The normalized spacial score (nSPS) is 31.3. The van der Waals surface area contributed by atoms with Crippen LogP contribution >= 0.6 is 0 Å². The van der Waals surface area contributed by atoms with Crippen LogP contribution in [0.2, 0.25) is 0 Å². The van der Waals surface area contributed by atoms with Gasteiger partial charge in [-0.15, -0.1) is 6.42 Å². The lowest BCUT2D eigenvalue weighted by molar-refractivity contribution is 0.0459. The van der Waals surface area contributed by atoms with Gasteiger partial charge in [0.05, 0.1) is 6.10 Å². The molecule has 2 heteroatoms.